The molecule has 2 aromatic heterocycles. The zero-order chi connectivity index (χ0) is 18.6. The Morgan fingerprint density at radius 3 is 2.78 bits per heavy atom. The van der Waals surface area contributed by atoms with E-state index < -0.39 is 0 Å². The maximum absolute atomic E-state index is 12.2. The molecule has 0 saturated carbocycles. The van der Waals surface area contributed by atoms with Gasteiger partial charge in [0.1, 0.15) is 5.65 Å². The molecular formula is C22H22N4O. The fourth-order valence-corrected chi connectivity index (χ4v) is 3.30. The number of nitrogens with zero attached hydrogens (tertiary/aromatic N) is 2. The Balaban J connectivity index is 1.31. The van der Waals surface area contributed by atoms with Crippen molar-refractivity contribution in [1.29, 1.82) is 0 Å². The van der Waals surface area contributed by atoms with Gasteiger partial charge in [0.05, 0.1) is 12.1 Å². The molecular weight excluding hydrogens is 336 g/mol. The molecule has 0 aliphatic heterocycles. The van der Waals surface area contributed by atoms with Gasteiger partial charge < -0.3 is 15.0 Å². The molecule has 0 unspecified atom stereocenters. The van der Waals surface area contributed by atoms with E-state index in [1.54, 1.807) is 0 Å². The van der Waals surface area contributed by atoms with E-state index in [-0.39, 0.29) is 12.3 Å². The topological polar surface area (TPSA) is 58.4 Å². The highest BCUT2D eigenvalue weighted by Crippen LogP contribution is 2.22. The number of carbonyl (C=O) groups excluding carboxylic acids is 1. The molecule has 0 aliphatic carbocycles. The number of fused-ring (bicyclic) bond motifs is 2. The van der Waals surface area contributed by atoms with Gasteiger partial charge in [-0.2, -0.15) is 0 Å². The van der Waals surface area contributed by atoms with Gasteiger partial charge in [-0.25, -0.2) is 4.98 Å². The number of imidazole rings is 1. The molecule has 2 aromatic carbocycles. The van der Waals surface area contributed by atoms with Crippen molar-refractivity contribution in [3.63, 3.8) is 0 Å². The van der Waals surface area contributed by atoms with E-state index in [4.69, 9.17) is 0 Å². The zero-order valence-corrected chi connectivity index (χ0v) is 15.3. The molecule has 0 aliphatic rings. The third-order valence-electron chi connectivity index (χ3n) is 4.62. The molecule has 0 atom stereocenters. The van der Waals surface area contributed by atoms with E-state index in [0.717, 1.165) is 22.6 Å². The normalized spacial score (nSPS) is 11.0. The first-order valence-corrected chi connectivity index (χ1v) is 9.12. The van der Waals surface area contributed by atoms with Gasteiger partial charge in [-0.3, -0.25) is 4.79 Å². The standard InChI is InChI=1S/C22H22N4O/c1-16-6-5-13-26-15-18(25-22(16)26)14-21(27)24-12-11-23-20-10-4-8-17-7-2-3-9-19(17)20/h2-10,13,15,23H,11-12,14H2,1H3,(H,24,27). The van der Waals surface area contributed by atoms with Crippen LogP contribution in [0.1, 0.15) is 11.3 Å². The molecule has 0 fully saturated rings. The van der Waals surface area contributed by atoms with E-state index in [1.165, 1.54) is 10.8 Å². The van der Waals surface area contributed by atoms with Gasteiger partial charge in [0.2, 0.25) is 5.91 Å². The number of aromatic nitrogens is 2. The average molecular weight is 358 g/mol. The Morgan fingerprint density at radius 1 is 1.04 bits per heavy atom. The summed E-state index contributed by atoms with van der Waals surface area (Å²) in [7, 11) is 0. The number of hydrogen-bond acceptors (Lipinski definition) is 3. The lowest BCUT2D eigenvalue weighted by molar-refractivity contribution is -0.120. The molecule has 4 rings (SSSR count). The Hall–Kier alpha value is -3.34. The van der Waals surface area contributed by atoms with Gasteiger partial charge in [-0.15, -0.1) is 0 Å². The SMILES string of the molecule is Cc1cccn2cc(CC(=O)NCCNc3cccc4ccccc34)nc12. The van der Waals surface area contributed by atoms with Crippen LogP contribution in [0.15, 0.2) is 67.0 Å². The van der Waals surface area contributed by atoms with Crippen molar-refractivity contribution in [1.82, 2.24) is 14.7 Å². The number of amides is 1. The first kappa shape index (κ1) is 17.1. The van der Waals surface area contributed by atoms with Crippen molar-refractivity contribution in [2.75, 3.05) is 18.4 Å². The minimum Gasteiger partial charge on any atom is -0.383 e. The summed E-state index contributed by atoms with van der Waals surface area (Å²) in [6.45, 7) is 3.25. The van der Waals surface area contributed by atoms with Gasteiger partial charge in [0.15, 0.2) is 0 Å². The minimum atomic E-state index is -0.0178. The average Bonchev–Trinajstić information content (AvgIpc) is 3.09. The van der Waals surface area contributed by atoms with Crippen LogP contribution in [0.5, 0.6) is 0 Å². The molecule has 27 heavy (non-hydrogen) atoms. The Kier molecular flexibility index (Phi) is 4.75. The van der Waals surface area contributed by atoms with E-state index >= 15 is 0 Å². The summed E-state index contributed by atoms with van der Waals surface area (Å²) in [5.74, 6) is -0.0178. The molecule has 0 radical (unpaired) electrons. The smallest absolute Gasteiger partial charge is 0.226 e. The molecule has 2 N–H and O–H groups in total. The lowest BCUT2D eigenvalue weighted by Crippen LogP contribution is -2.30. The highest BCUT2D eigenvalue weighted by molar-refractivity contribution is 5.93. The maximum atomic E-state index is 12.2. The van der Waals surface area contributed by atoms with Crippen molar-refractivity contribution < 1.29 is 4.79 Å². The van der Waals surface area contributed by atoms with Crippen LogP contribution in [-0.2, 0) is 11.2 Å². The predicted molar refractivity (Wildman–Crippen MR) is 109 cm³/mol. The van der Waals surface area contributed by atoms with E-state index in [0.29, 0.717) is 13.1 Å². The number of pyridine rings is 1. The van der Waals surface area contributed by atoms with Crippen LogP contribution in [0.4, 0.5) is 5.69 Å². The molecule has 0 bridgehead atoms. The summed E-state index contributed by atoms with van der Waals surface area (Å²) in [6.07, 6.45) is 4.15. The predicted octanol–water partition coefficient (Wildman–Crippen LogP) is 3.57. The number of benzene rings is 2. The number of hydrogen-bond donors (Lipinski definition) is 2. The van der Waals surface area contributed by atoms with Gasteiger partial charge in [0, 0.05) is 36.6 Å². The Labute approximate surface area is 158 Å². The molecule has 136 valence electrons. The van der Waals surface area contributed by atoms with Crippen LogP contribution in [-0.4, -0.2) is 28.4 Å². The number of anilines is 1. The third kappa shape index (κ3) is 3.77. The highest BCUT2D eigenvalue weighted by Gasteiger charge is 2.08. The van der Waals surface area contributed by atoms with Crippen LogP contribution in [0.3, 0.4) is 0 Å². The quantitative estimate of drug-likeness (QED) is 0.518. The molecule has 0 spiro atoms. The molecule has 1 amide bonds. The van der Waals surface area contributed by atoms with Gasteiger partial charge in [-0.1, -0.05) is 42.5 Å². The lowest BCUT2D eigenvalue weighted by atomic mass is 10.1. The number of aryl methyl sites for hydroxylation is 1. The third-order valence-corrected chi connectivity index (χ3v) is 4.62. The minimum absolute atomic E-state index is 0.0178. The summed E-state index contributed by atoms with van der Waals surface area (Å²) >= 11 is 0. The van der Waals surface area contributed by atoms with E-state index in [1.807, 2.05) is 54.0 Å². The summed E-state index contributed by atoms with van der Waals surface area (Å²) < 4.78 is 1.96. The van der Waals surface area contributed by atoms with Gasteiger partial charge in [-0.05, 0) is 30.0 Å². The highest BCUT2D eigenvalue weighted by atomic mass is 16.1. The van der Waals surface area contributed by atoms with Crippen LogP contribution in [0.2, 0.25) is 0 Å². The second kappa shape index (κ2) is 7.50. The van der Waals surface area contributed by atoms with Crippen molar-refractivity contribution in [2.24, 2.45) is 0 Å². The van der Waals surface area contributed by atoms with Crippen molar-refractivity contribution >= 4 is 28.0 Å². The zero-order valence-electron chi connectivity index (χ0n) is 15.3. The second-order valence-electron chi connectivity index (χ2n) is 6.63. The van der Waals surface area contributed by atoms with Crippen molar-refractivity contribution in [3.05, 3.63) is 78.2 Å². The number of nitrogens with one attached hydrogen (secondary N) is 2. The molecule has 5 heteroatoms. The Morgan fingerprint density at radius 2 is 1.89 bits per heavy atom. The van der Waals surface area contributed by atoms with Crippen LogP contribution < -0.4 is 10.6 Å². The maximum Gasteiger partial charge on any atom is 0.226 e. The van der Waals surface area contributed by atoms with Crippen LogP contribution >= 0.6 is 0 Å². The number of rotatable bonds is 6. The van der Waals surface area contributed by atoms with E-state index in [9.17, 15) is 4.79 Å². The summed E-state index contributed by atoms with van der Waals surface area (Å²) in [6, 6.07) is 18.5. The molecule has 5 nitrogen and oxygen atoms in total. The van der Waals surface area contributed by atoms with E-state index in [2.05, 4.69) is 39.9 Å². The van der Waals surface area contributed by atoms with Crippen molar-refractivity contribution in [3.8, 4) is 0 Å². The van der Waals surface area contributed by atoms with Crippen molar-refractivity contribution in [2.45, 2.75) is 13.3 Å². The largest absolute Gasteiger partial charge is 0.383 e. The molecule has 4 aromatic rings. The first-order valence-electron chi connectivity index (χ1n) is 9.12. The van der Waals surface area contributed by atoms with Gasteiger partial charge >= 0.3 is 0 Å². The fraction of sp³-hybridized carbons (Fsp3) is 0.182. The monoisotopic (exact) mass is 358 g/mol. The second-order valence-corrected chi connectivity index (χ2v) is 6.63. The number of carbonyl (C=O) groups is 1. The summed E-state index contributed by atoms with van der Waals surface area (Å²) in [5, 5.41) is 8.75. The fourth-order valence-electron chi connectivity index (χ4n) is 3.30. The van der Waals surface area contributed by atoms with Crippen LogP contribution in [0, 0.1) is 6.92 Å². The van der Waals surface area contributed by atoms with Crippen LogP contribution in [0.25, 0.3) is 16.4 Å². The molecule has 2 heterocycles. The Bertz CT molecular complexity index is 1090. The molecule has 0 saturated heterocycles. The van der Waals surface area contributed by atoms with Gasteiger partial charge in [0.25, 0.3) is 0 Å². The summed E-state index contributed by atoms with van der Waals surface area (Å²) in [5.41, 5.74) is 3.86. The first-order chi connectivity index (χ1) is 13.2. The lowest BCUT2D eigenvalue weighted by Gasteiger charge is -2.10. The summed E-state index contributed by atoms with van der Waals surface area (Å²) in [4.78, 5) is 16.8.